The number of benzene rings is 1. The summed E-state index contributed by atoms with van der Waals surface area (Å²) in [5, 5.41) is 9.18. The largest absolute Gasteiger partial charge is 0.478 e. The van der Waals surface area contributed by atoms with Crippen molar-refractivity contribution >= 4 is 11.9 Å². The van der Waals surface area contributed by atoms with Crippen molar-refractivity contribution in [2.45, 2.75) is 46.0 Å². The minimum atomic E-state index is -1.13. The number of carboxylic acid groups (broad SMARTS) is 1. The monoisotopic (exact) mass is 368 g/mol. The maximum atomic E-state index is 12.2. The molecule has 1 aromatic carbocycles. The molecule has 2 fully saturated rings. The first kappa shape index (κ1) is 19.4. The lowest BCUT2D eigenvalue weighted by molar-refractivity contribution is 0.0527. The standard InChI is InChI=1S/C23H28O4/c1-15(7-6-12-23(3)16(2)17-10-11-18(23)13-17)14-27-22(26)20-9-5-4-8-19(20)21(24)25/h4-5,7-9,17-18H,2,6,10-14H2,1,3H3,(H,24,25)/t17-,18+,23-/m1/s1. The van der Waals surface area contributed by atoms with Gasteiger partial charge in [-0.25, -0.2) is 9.59 Å². The van der Waals surface area contributed by atoms with E-state index in [1.165, 1.54) is 37.0 Å². The van der Waals surface area contributed by atoms with Crippen molar-refractivity contribution in [1.82, 2.24) is 0 Å². The van der Waals surface area contributed by atoms with Crippen LogP contribution < -0.4 is 0 Å². The molecule has 3 atom stereocenters. The molecule has 1 N–H and O–H groups in total. The number of hydrogen-bond donors (Lipinski definition) is 1. The fourth-order valence-electron chi connectivity index (χ4n) is 4.75. The highest BCUT2D eigenvalue weighted by Crippen LogP contribution is 2.60. The van der Waals surface area contributed by atoms with Gasteiger partial charge in [-0.1, -0.05) is 37.3 Å². The summed E-state index contributed by atoms with van der Waals surface area (Å²) in [6, 6.07) is 6.11. The molecule has 0 unspecified atom stereocenters. The Bertz CT molecular complexity index is 791. The average Bonchev–Trinajstić information content (AvgIpc) is 3.22. The quantitative estimate of drug-likeness (QED) is 0.527. The van der Waals surface area contributed by atoms with Crippen molar-refractivity contribution in [2.75, 3.05) is 6.61 Å². The van der Waals surface area contributed by atoms with Crippen LogP contribution in [0.3, 0.4) is 0 Å². The average molecular weight is 368 g/mol. The van der Waals surface area contributed by atoms with Crippen LogP contribution in [0, 0.1) is 17.3 Å². The molecule has 1 aromatic rings. The number of aromatic carboxylic acids is 1. The Hall–Kier alpha value is -2.36. The summed E-state index contributed by atoms with van der Waals surface area (Å²) >= 11 is 0. The zero-order valence-electron chi connectivity index (χ0n) is 16.2. The SMILES string of the molecule is C=C1[C@@H]2CC[C@@H](C2)[C@]1(C)CCC=C(C)COC(=O)c1ccccc1C(=O)O. The van der Waals surface area contributed by atoms with E-state index in [2.05, 4.69) is 19.6 Å². The number of rotatable bonds is 7. The first-order valence-electron chi connectivity index (χ1n) is 9.67. The lowest BCUT2D eigenvalue weighted by atomic mass is 9.69. The number of fused-ring (bicyclic) bond motifs is 2. The molecule has 4 nitrogen and oxygen atoms in total. The van der Waals surface area contributed by atoms with Gasteiger partial charge in [0.2, 0.25) is 0 Å². The van der Waals surface area contributed by atoms with Crippen molar-refractivity contribution in [2.24, 2.45) is 17.3 Å². The second-order valence-corrected chi connectivity index (χ2v) is 8.17. The molecule has 0 saturated heterocycles. The van der Waals surface area contributed by atoms with E-state index in [9.17, 15) is 14.7 Å². The number of allylic oxidation sites excluding steroid dienone is 2. The number of carbonyl (C=O) groups is 2. The van der Waals surface area contributed by atoms with E-state index in [0.29, 0.717) is 0 Å². The van der Waals surface area contributed by atoms with Crippen molar-refractivity contribution in [3.63, 3.8) is 0 Å². The van der Waals surface area contributed by atoms with Gasteiger partial charge in [0.1, 0.15) is 6.61 Å². The van der Waals surface area contributed by atoms with Gasteiger partial charge in [0.25, 0.3) is 0 Å². The molecule has 2 aliphatic carbocycles. The lowest BCUT2D eigenvalue weighted by Crippen LogP contribution is -2.26. The molecule has 4 heteroatoms. The van der Waals surface area contributed by atoms with Crippen LogP contribution in [0.2, 0.25) is 0 Å². The summed E-state index contributed by atoms with van der Waals surface area (Å²) in [7, 11) is 0. The minimum Gasteiger partial charge on any atom is -0.478 e. The normalized spacial score (nSPS) is 27.0. The molecule has 0 amide bonds. The maximum absolute atomic E-state index is 12.2. The zero-order chi connectivity index (χ0) is 19.6. The van der Waals surface area contributed by atoms with Gasteiger partial charge in [0.05, 0.1) is 11.1 Å². The summed E-state index contributed by atoms with van der Waals surface area (Å²) in [5.41, 5.74) is 2.71. The Morgan fingerprint density at radius 2 is 2.00 bits per heavy atom. The first-order valence-corrected chi connectivity index (χ1v) is 9.67. The van der Waals surface area contributed by atoms with Gasteiger partial charge in [-0.3, -0.25) is 0 Å². The molecule has 0 radical (unpaired) electrons. The molecule has 2 aliphatic rings. The van der Waals surface area contributed by atoms with E-state index in [4.69, 9.17) is 4.74 Å². The van der Waals surface area contributed by atoms with E-state index >= 15 is 0 Å². The summed E-state index contributed by atoms with van der Waals surface area (Å²) in [5.74, 6) is -0.238. The number of ether oxygens (including phenoxy) is 1. The Morgan fingerprint density at radius 3 is 2.63 bits per heavy atom. The predicted octanol–water partition coefficient (Wildman–Crippen LogP) is 5.26. The molecule has 0 aliphatic heterocycles. The van der Waals surface area contributed by atoms with Crippen molar-refractivity contribution in [3.05, 3.63) is 59.2 Å². The third-order valence-electron chi connectivity index (χ3n) is 6.52. The highest BCUT2D eigenvalue weighted by atomic mass is 16.5. The molecular formula is C23H28O4. The second kappa shape index (κ2) is 7.71. The van der Waals surface area contributed by atoms with Crippen LogP contribution in [0.5, 0.6) is 0 Å². The van der Waals surface area contributed by atoms with Crippen LogP contribution in [0.1, 0.15) is 66.7 Å². The van der Waals surface area contributed by atoms with E-state index in [1.807, 2.05) is 6.92 Å². The number of carboxylic acids is 1. The smallest absolute Gasteiger partial charge is 0.339 e. The molecular weight excluding hydrogens is 340 g/mol. The van der Waals surface area contributed by atoms with Gasteiger partial charge in [0, 0.05) is 0 Å². The summed E-state index contributed by atoms with van der Waals surface area (Å²) in [6.45, 7) is 8.83. The van der Waals surface area contributed by atoms with Gasteiger partial charge in [0.15, 0.2) is 0 Å². The molecule has 2 saturated carbocycles. The lowest BCUT2D eigenvalue weighted by Gasteiger charge is -2.36. The first-order chi connectivity index (χ1) is 12.8. The Kier molecular flexibility index (Phi) is 5.54. The molecule has 27 heavy (non-hydrogen) atoms. The molecule has 3 rings (SSSR count). The molecule has 0 heterocycles. The summed E-state index contributed by atoms with van der Waals surface area (Å²) < 4.78 is 5.31. The molecule has 2 bridgehead atoms. The highest BCUT2D eigenvalue weighted by Gasteiger charge is 2.49. The van der Waals surface area contributed by atoms with Crippen LogP contribution in [0.15, 0.2) is 48.1 Å². The Balaban J connectivity index is 1.52. The van der Waals surface area contributed by atoms with Gasteiger partial charge in [-0.15, -0.1) is 0 Å². The number of carbonyl (C=O) groups excluding carboxylic acids is 1. The fourth-order valence-corrected chi connectivity index (χ4v) is 4.75. The third kappa shape index (κ3) is 3.85. The van der Waals surface area contributed by atoms with Gasteiger partial charge in [-0.05, 0) is 74.0 Å². The third-order valence-corrected chi connectivity index (χ3v) is 6.52. The maximum Gasteiger partial charge on any atom is 0.339 e. The van der Waals surface area contributed by atoms with Gasteiger partial charge >= 0.3 is 11.9 Å². The predicted molar refractivity (Wildman–Crippen MR) is 105 cm³/mol. The van der Waals surface area contributed by atoms with Crippen molar-refractivity contribution in [1.29, 1.82) is 0 Å². The second-order valence-electron chi connectivity index (χ2n) is 8.17. The minimum absolute atomic E-state index is 0.0353. The van der Waals surface area contributed by atoms with Gasteiger partial charge < -0.3 is 9.84 Å². The van der Waals surface area contributed by atoms with Crippen LogP contribution in [-0.2, 0) is 4.74 Å². The van der Waals surface area contributed by atoms with E-state index < -0.39 is 11.9 Å². The Labute approximate surface area is 160 Å². The topological polar surface area (TPSA) is 63.6 Å². The van der Waals surface area contributed by atoms with Crippen LogP contribution in [0.25, 0.3) is 0 Å². The molecule has 144 valence electrons. The van der Waals surface area contributed by atoms with Crippen LogP contribution in [0.4, 0.5) is 0 Å². The van der Waals surface area contributed by atoms with Crippen LogP contribution in [-0.4, -0.2) is 23.7 Å². The van der Waals surface area contributed by atoms with E-state index in [1.54, 1.807) is 12.1 Å². The molecule has 0 aromatic heterocycles. The summed E-state index contributed by atoms with van der Waals surface area (Å²) in [4.78, 5) is 23.4. The number of hydrogen-bond acceptors (Lipinski definition) is 3. The van der Waals surface area contributed by atoms with Gasteiger partial charge in [-0.2, -0.15) is 0 Å². The van der Waals surface area contributed by atoms with Crippen molar-refractivity contribution < 1.29 is 19.4 Å². The zero-order valence-corrected chi connectivity index (χ0v) is 16.2. The Morgan fingerprint density at radius 1 is 1.30 bits per heavy atom. The van der Waals surface area contributed by atoms with E-state index in [0.717, 1.165) is 30.3 Å². The molecule has 0 spiro atoms. The summed E-state index contributed by atoms with van der Waals surface area (Å²) in [6.07, 6.45) is 8.08. The highest BCUT2D eigenvalue weighted by molar-refractivity contribution is 6.02. The van der Waals surface area contributed by atoms with Crippen LogP contribution >= 0.6 is 0 Å². The fraction of sp³-hybridized carbons (Fsp3) is 0.478. The number of esters is 1. The van der Waals surface area contributed by atoms with E-state index in [-0.39, 0.29) is 23.1 Å². The van der Waals surface area contributed by atoms with Crippen molar-refractivity contribution in [3.8, 4) is 0 Å².